The second-order valence-corrected chi connectivity index (χ2v) is 7.57. The number of ether oxygens (including phenoxy) is 3. The van der Waals surface area contributed by atoms with Crippen molar-refractivity contribution in [3.05, 3.63) is 57.7 Å². The maximum absolute atomic E-state index is 12.5. The van der Waals surface area contributed by atoms with E-state index in [9.17, 15) is 9.59 Å². The molecule has 0 amide bonds. The van der Waals surface area contributed by atoms with Crippen LogP contribution in [0.25, 0.3) is 22.3 Å². The maximum Gasteiger partial charge on any atom is 0.193 e. The number of carbonyl (C=O) groups excluding carboxylic acids is 1. The van der Waals surface area contributed by atoms with E-state index in [1.54, 1.807) is 36.4 Å². The van der Waals surface area contributed by atoms with Gasteiger partial charge in [0.25, 0.3) is 0 Å². The van der Waals surface area contributed by atoms with Crippen LogP contribution in [0.4, 0.5) is 0 Å². The highest BCUT2D eigenvalue weighted by atomic mass is 35.5. The van der Waals surface area contributed by atoms with Crippen molar-refractivity contribution in [2.75, 3.05) is 20.3 Å². The molecule has 0 atom stereocenters. The van der Waals surface area contributed by atoms with E-state index in [2.05, 4.69) is 0 Å². The minimum atomic E-state index is -0.180. The van der Waals surface area contributed by atoms with Crippen molar-refractivity contribution in [3.63, 3.8) is 0 Å². The third-order valence-electron chi connectivity index (χ3n) is 5.17. The smallest absolute Gasteiger partial charge is 0.193 e. The first kappa shape index (κ1) is 20.4. The molecular formula is C23H21ClO6. The number of rotatable bonds is 8. The van der Waals surface area contributed by atoms with Gasteiger partial charge in [-0.3, -0.25) is 4.79 Å². The van der Waals surface area contributed by atoms with Gasteiger partial charge in [-0.15, -0.1) is 0 Å². The molecule has 3 aromatic rings. The number of carbonyl (C=O) groups is 1. The molecular weight excluding hydrogens is 408 g/mol. The first-order valence-corrected chi connectivity index (χ1v) is 10.1. The molecule has 1 fully saturated rings. The van der Waals surface area contributed by atoms with E-state index in [0.717, 1.165) is 19.1 Å². The van der Waals surface area contributed by atoms with Crippen molar-refractivity contribution < 1.29 is 23.4 Å². The van der Waals surface area contributed by atoms with E-state index in [-0.39, 0.29) is 17.5 Å². The summed E-state index contributed by atoms with van der Waals surface area (Å²) in [5, 5.41) is 0.799. The van der Waals surface area contributed by atoms with Gasteiger partial charge in [0.05, 0.1) is 35.8 Å². The third kappa shape index (κ3) is 4.20. The summed E-state index contributed by atoms with van der Waals surface area (Å²) in [5.41, 5.74) is 0.782. The van der Waals surface area contributed by atoms with Gasteiger partial charge >= 0.3 is 0 Å². The summed E-state index contributed by atoms with van der Waals surface area (Å²) < 4.78 is 22.8. The summed E-state index contributed by atoms with van der Waals surface area (Å²) in [6.45, 7) is 0.823. The average molecular weight is 429 g/mol. The number of fused-ring (bicyclic) bond motifs is 1. The highest BCUT2D eigenvalue weighted by Gasteiger charge is 2.29. The van der Waals surface area contributed by atoms with Crippen LogP contribution in [0.5, 0.6) is 11.5 Å². The lowest BCUT2D eigenvalue weighted by Crippen LogP contribution is -2.33. The van der Waals surface area contributed by atoms with Crippen molar-refractivity contribution in [3.8, 4) is 22.8 Å². The van der Waals surface area contributed by atoms with Crippen molar-refractivity contribution in [1.82, 2.24) is 0 Å². The lowest BCUT2D eigenvalue weighted by atomic mass is 9.83. The second-order valence-electron chi connectivity index (χ2n) is 7.16. The molecule has 2 aromatic carbocycles. The summed E-state index contributed by atoms with van der Waals surface area (Å²) >= 11 is 6.20. The molecule has 6 nitrogen and oxygen atoms in total. The molecule has 0 saturated heterocycles. The standard InChI is InChI=1S/C23H21ClO6/c1-27-21-11-15(28-7-8-29-16-9-14(10-16)13-25)5-6-18(21)22-12-20(26)17-3-2-4-19(24)23(17)30-22/h2-6,11-14,16H,7-10H2,1H3. The maximum atomic E-state index is 12.5. The monoisotopic (exact) mass is 428 g/mol. The van der Waals surface area contributed by atoms with Crippen LogP contribution in [0.15, 0.2) is 51.7 Å². The van der Waals surface area contributed by atoms with Crippen LogP contribution in [0.3, 0.4) is 0 Å². The molecule has 1 saturated carbocycles. The number of halogens is 1. The molecule has 4 rings (SSSR count). The van der Waals surface area contributed by atoms with E-state index in [0.29, 0.717) is 52.0 Å². The highest BCUT2D eigenvalue weighted by Crippen LogP contribution is 2.35. The van der Waals surface area contributed by atoms with Crippen LogP contribution in [0, 0.1) is 5.92 Å². The summed E-state index contributed by atoms with van der Waals surface area (Å²) in [7, 11) is 1.54. The van der Waals surface area contributed by atoms with Gasteiger partial charge in [0.15, 0.2) is 11.0 Å². The second kappa shape index (κ2) is 8.90. The minimum Gasteiger partial charge on any atom is -0.496 e. The summed E-state index contributed by atoms with van der Waals surface area (Å²) in [6.07, 6.45) is 2.69. The summed E-state index contributed by atoms with van der Waals surface area (Å²) in [4.78, 5) is 23.1. The average Bonchev–Trinajstić information content (AvgIpc) is 2.72. The first-order valence-electron chi connectivity index (χ1n) is 9.69. The minimum absolute atomic E-state index is 0.137. The van der Waals surface area contributed by atoms with Crippen LogP contribution in [0.1, 0.15) is 12.8 Å². The fourth-order valence-corrected chi connectivity index (χ4v) is 3.68. The number of para-hydroxylation sites is 1. The van der Waals surface area contributed by atoms with Gasteiger partial charge in [0, 0.05) is 18.1 Å². The molecule has 0 N–H and O–H groups in total. The van der Waals surface area contributed by atoms with Crippen LogP contribution in [-0.4, -0.2) is 32.7 Å². The molecule has 0 bridgehead atoms. The third-order valence-corrected chi connectivity index (χ3v) is 5.47. The van der Waals surface area contributed by atoms with Crippen LogP contribution < -0.4 is 14.9 Å². The Bertz CT molecular complexity index is 1120. The van der Waals surface area contributed by atoms with Crippen LogP contribution >= 0.6 is 11.6 Å². The normalized spacial score (nSPS) is 18.1. The Labute approximate surface area is 178 Å². The highest BCUT2D eigenvalue weighted by molar-refractivity contribution is 6.34. The van der Waals surface area contributed by atoms with Crippen LogP contribution in [-0.2, 0) is 9.53 Å². The van der Waals surface area contributed by atoms with Crippen molar-refractivity contribution in [1.29, 1.82) is 0 Å². The summed E-state index contributed by atoms with van der Waals surface area (Å²) in [5.74, 6) is 1.62. The molecule has 156 valence electrons. The van der Waals surface area contributed by atoms with E-state index < -0.39 is 0 Å². The van der Waals surface area contributed by atoms with Gasteiger partial charge < -0.3 is 23.4 Å². The Kier molecular flexibility index (Phi) is 6.06. The van der Waals surface area contributed by atoms with E-state index in [1.165, 1.54) is 13.2 Å². The molecule has 7 heteroatoms. The predicted octanol–water partition coefficient (Wildman–Crippen LogP) is 4.49. The van der Waals surface area contributed by atoms with Gasteiger partial charge in [0.1, 0.15) is 30.2 Å². The Morgan fingerprint density at radius 1 is 1.17 bits per heavy atom. The number of aldehydes is 1. The fourth-order valence-electron chi connectivity index (χ4n) is 3.47. The van der Waals surface area contributed by atoms with Gasteiger partial charge in [-0.1, -0.05) is 17.7 Å². The van der Waals surface area contributed by atoms with Gasteiger partial charge in [-0.2, -0.15) is 0 Å². The van der Waals surface area contributed by atoms with E-state index in [1.807, 2.05) is 0 Å². The fraction of sp³-hybridized carbons (Fsp3) is 0.304. The largest absolute Gasteiger partial charge is 0.496 e. The molecule has 1 heterocycles. The zero-order valence-corrected chi connectivity index (χ0v) is 17.2. The van der Waals surface area contributed by atoms with Crippen molar-refractivity contribution in [2.45, 2.75) is 18.9 Å². The number of hydrogen-bond donors (Lipinski definition) is 0. The zero-order chi connectivity index (χ0) is 21.1. The molecule has 30 heavy (non-hydrogen) atoms. The zero-order valence-electron chi connectivity index (χ0n) is 16.4. The topological polar surface area (TPSA) is 75.0 Å². The molecule has 1 aliphatic rings. The molecule has 0 radical (unpaired) electrons. The molecule has 0 spiro atoms. The van der Waals surface area contributed by atoms with E-state index >= 15 is 0 Å². The lowest BCUT2D eigenvalue weighted by Gasteiger charge is -2.31. The van der Waals surface area contributed by atoms with Gasteiger partial charge in [-0.25, -0.2) is 0 Å². The number of benzene rings is 2. The molecule has 1 aliphatic carbocycles. The number of hydrogen-bond acceptors (Lipinski definition) is 6. The Morgan fingerprint density at radius 3 is 2.77 bits per heavy atom. The Balaban J connectivity index is 1.47. The first-order chi connectivity index (χ1) is 14.6. The van der Waals surface area contributed by atoms with Gasteiger partial charge in [-0.05, 0) is 37.1 Å². The van der Waals surface area contributed by atoms with Gasteiger partial charge in [0.2, 0.25) is 0 Å². The van der Waals surface area contributed by atoms with E-state index in [4.69, 9.17) is 30.2 Å². The molecule has 0 aliphatic heterocycles. The van der Waals surface area contributed by atoms with Crippen LogP contribution in [0.2, 0.25) is 5.02 Å². The van der Waals surface area contributed by atoms with Crippen molar-refractivity contribution in [2.24, 2.45) is 5.92 Å². The SMILES string of the molecule is COc1cc(OCCOC2CC(C=O)C2)ccc1-c1cc(=O)c2cccc(Cl)c2o1. The Hall–Kier alpha value is -2.83. The Morgan fingerprint density at radius 2 is 2.00 bits per heavy atom. The lowest BCUT2D eigenvalue weighted by molar-refractivity contribution is -0.119. The molecule has 0 unspecified atom stereocenters. The predicted molar refractivity (Wildman–Crippen MR) is 114 cm³/mol. The quantitative estimate of drug-likeness (QED) is 0.388. The molecule has 1 aromatic heterocycles. The van der Waals surface area contributed by atoms with Crippen molar-refractivity contribution >= 4 is 28.9 Å². The summed E-state index contributed by atoms with van der Waals surface area (Å²) in [6, 6.07) is 11.8. The number of methoxy groups -OCH3 is 1.